The number of aromatic nitrogens is 2. The molecule has 0 saturated carbocycles. The Kier molecular flexibility index (Phi) is 6.08. The number of carbonyl (C=O) groups is 1. The SMILES string of the molecule is CC(C)NC(=O)CN(c1ccc([N+](=O)[O-])cc1)S(=O)(=O)c1ccc2c(c1)n(C)c(=O)n2C. The molecule has 170 valence electrons. The molecule has 0 aliphatic carbocycles. The van der Waals surface area contributed by atoms with Gasteiger partial charge in [0.15, 0.2) is 0 Å². The van der Waals surface area contributed by atoms with Crippen molar-refractivity contribution in [2.45, 2.75) is 24.8 Å². The fraction of sp³-hybridized carbons (Fsp3) is 0.300. The Bertz CT molecular complexity index is 1360. The van der Waals surface area contributed by atoms with Crippen LogP contribution in [0, 0.1) is 10.1 Å². The summed E-state index contributed by atoms with van der Waals surface area (Å²) in [5.74, 6) is -0.532. The van der Waals surface area contributed by atoms with E-state index in [-0.39, 0.29) is 28.0 Å². The summed E-state index contributed by atoms with van der Waals surface area (Å²) in [4.78, 5) is 34.9. The number of carbonyl (C=O) groups excluding carboxylic acids is 1. The molecule has 11 nitrogen and oxygen atoms in total. The van der Waals surface area contributed by atoms with Crippen molar-refractivity contribution >= 4 is 38.3 Å². The number of fused-ring (bicyclic) bond motifs is 1. The van der Waals surface area contributed by atoms with E-state index < -0.39 is 27.4 Å². The molecule has 0 aliphatic heterocycles. The Labute approximate surface area is 184 Å². The van der Waals surface area contributed by atoms with Crippen molar-refractivity contribution < 1.29 is 18.1 Å². The summed E-state index contributed by atoms with van der Waals surface area (Å²) >= 11 is 0. The van der Waals surface area contributed by atoms with E-state index in [1.54, 1.807) is 20.9 Å². The summed E-state index contributed by atoms with van der Waals surface area (Å²) in [7, 11) is -1.14. The third-order valence-electron chi connectivity index (χ3n) is 4.92. The lowest BCUT2D eigenvalue weighted by molar-refractivity contribution is -0.384. The lowest BCUT2D eigenvalue weighted by Crippen LogP contribution is -2.42. The number of rotatable bonds is 7. The minimum atomic E-state index is -4.25. The van der Waals surface area contributed by atoms with Crippen LogP contribution in [0.3, 0.4) is 0 Å². The lowest BCUT2D eigenvalue weighted by Gasteiger charge is -2.24. The molecule has 1 heterocycles. The quantitative estimate of drug-likeness (QED) is 0.418. The highest BCUT2D eigenvalue weighted by Gasteiger charge is 2.28. The summed E-state index contributed by atoms with van der Waals surface area (Å²) in [6.45, 7) is 2.96. The zero-order valence-electron chi connectivity index (χ0n) is 18.0. The zero-order valence-corrected chi connectivity index (χ0v) is 18.8. The van der Waals surface area contributed by atoms with Crippen LogP contribution in [0.5, 0.6) is 0 Å². The fourth-order valence-electron chi connectivity index (χ4n) is 3.33. The monoisotopic (exact) mass is 461 g/mol. The van der Waals surface area contributed by atoms with Crippen LogP contribution in [-0.4, -0.2) is 41.0 Å². The van der Waals surface area contributed by atoms with Gasteiger partial charge in [0.1, 0.15) is 6.54 Å². The number of hydrogen-bond acceptors (Lipinski definition) is 6. The molecule has 1 aromatic heterocycles. The Morgan fingerprint density at radius 2 is 1.69 bits per heavy atom. The summed E-state index contributed by atoms with van der Waals surface area (Å²) in [6, 6.07) is 8.92. The average molecular weight is 462 g/mol. The molecule has 0 aliphatic rings. The van der Waals surface area contributed by atoms with Gasteiger partial charge in [0, 0.05) is 32.3 Å². The van der Waals surface area contributed by atoms with E-state index in [0.717, 1.165) is 4.31 Å². The van der Waals surface area contributed by atoms with Gasteiger partial charge in [-0.1, -0.05) is 0 Å². The van der Waals surface area contributed by atoms with E-state index in [1.165, 1.54) is 58.6 Å². The van der Waals surface area contributed by atoms with Crippen molar-refractivity contribution in [3.8, 4) is 0 Å². The van der Waals surface area contributed by atoms with Gasteiger partial charge in [-0.3, -0.25) is 28.3 Å². The molecule has 0 radical (unpaired) electrons. The smallest absolute Gasteiger partial charge is 0.328 e. The van der Waals surface area contributed by atoms with Gasteiger partial charge in [0.25, 0.3) is 15.7 Å². The van der Waals surface area contributed by atoms with Crippen molar-refractivity contribution in [2.75, 3.05) is 10.8 Å². The lowest BCUT2D eigenvalue weighted by atomic mass is 10.3. The maximum absolute atomic E-state index is 13.5. The molecule has 2 aromatic carbocycles. The first kappa shape index (κ1) is 23.0. The van der Waals surface area contributed by atoms with Crippen molar-refractivity contribution in [1.82, 2.24) is 14.5 Å². The predicted octanol–water partition coefficient (Wildman–Crippen LogP) is 1.51. The molecule has 1 amide bonds. The number of nitrogens with zero attached hydrogens (tertiary/aromatic N) is 4. The van der Waals surface area contributed by atoms with Crippen LogP contribution < -0.4 is 15.3 Å². The van der Waals surface area contributed by atoms with E-state index in [1.807, 2.05) is 0 Å². The highest BCUT2D eigenvalue weighted by molar-refractivity contribution is 7.92. The van der Waals surface area contributed by atoms with Crippen LogP contribution in [0.15, 0.2) is 52.2 Å². The second kappa shape index (κ2) is 8.46. The minimum Gasteiger partial charge on any atom is -0.352 e. The Hall–Kier alpha value is -3.67. The van der Waals surface area contributed by atoms with Crippen LogP contribution in [0.2, 0.25) is 0 Å². The van der Waals surface area contributed by atoms with Gasteiger partial charge in [0.05, 0.1) is 26.5 Å². The standard InChI is InChI=1S/C20H23N5O6S/c1-13(2)21-19(26)12-24(14-5-7-15(8-6-14)25(28)29)32(30,31)16-9-10-17-18(11-16)23(4)20(27)22(17)3/h5-11,13H,12H2,1-4H3,(H,21,26). The third kappa shape index (κ3) is 4.21. The fourth-order valence-corrected chi connectivity index (χ4v) is 4.77. The minimum absolute atomic E-state index is 0.0940. The number of nitro benzene ring substituents is 1. The first-order valence-corrected chi connectivity index (χ1v) is 11.1. The Morgan fingerprint density at radius 1 is 1.09 bits per heavy atom. The Balaban J connectivity index is 2.12. The van der Waals surface area contributed by atoms with E-state index in [2.05, 4.69) is 5.32 Å². The van der Waals surface area contributed by atoms with Crippen molar-refractivity contribution in [3.63, 3.8) is 0 Å². The highest BCUT2D eigenvalue weighted by atomic mass is 32.2. The molecular weight excluding hydrogens is 438 g/mol. The molecule has 0 fully saturated rings. The number of non-ortho nitro benzene ring substituents is 1. The van der Waals surface area contributed by atoms with Crippen LogP contribution in [0.4, 0.5) is 11.4 Å². The first-order chi connectivity index (χ1) is 14.9. The summed E-state index contributed by atoms with van der Waals surface area (Å²) in [5.41, 5.74) is 0.540. The van der Waals surface area contributed by atoms with Gasteiger partial charge >= 0.3 is 5.69 Å². The summed E-state index contributed by atoms with van der Waals surface area (Å²) in [6.07, 6.45) is 0. The molecular formula is C20H23N5O6S. The molecule has 1 N–H and O–H groups in total. The molecule has 32 heavy (non-hydrogen) atoms. The molecule has 0 saturated heterocycles. The van der Waals surface area contributed by atoms with E-state index >= 15 is 0 Å². The van der Waals surface area contributed by atoms with E-state index in [4.69, 9.17) is 0 Å². The number of nitrogens with one attached hydrogen (secondary N) is 1. The van der Waals surface area contributed by atoms with Gasteiger partial charge in [-0.05, 0) is 44.2 Å². The Morgan fingerprint density at radius 3 is 2.25 bits per heavy atom. The largest absolute Gasteiger partial charge is 0.352 e. The van der Waals surface area contributed by atoms with Gasteiger partial charge < -0.3 is 5.32 Å². The third-order valence-corrected chi connectivity index (χ3v) is 6.69. The van der Waals surface area contributed by atoms with Crippen LogP contribution in [-0.2, 0) is 28.9 Å². The predicted molar refractivity (Wildman–Crippen MR) is 119 cm³/mol. The average Bonchev–Trinajstić information content (AvgIpc) is 2.95. The molecule has 0 bridgehead atoms. The number of hydrogen-bond donors (Lipinski definition) is 1. The molecule has 3 rings (SSSR count). The zero-order chi connectivity index (χ0) is 23.8. The molecule has 0 spiro atoms. The van der Waals surface area contributed by atoms with Crippen molar-refractivity contribution in [1.29, 1.82) is 0 Å². The number of benzene rings is 2. The normalized spacial score (nSPS) is 11.7. The van der Waals surface area contributed by atoms with Crippen LogP contribution in [0.1, 0.15) is 13.8 Å². The molecule has 3 aromatic rings. The molecule has 12 heteroatoms. The van der Waals surface area contributed by atoms with Crippen molar-refractivity contribution in [2.24, 2.45) is 14.1 Å². The van der Waals surface area contributed by atoms with Gasteiger partial charge in [-0.2, -0.15) is 0 Å². The van der Waals surface area contributed by atoms with Gasteiger partial charge in [-0.15, -0.1) is 0 Å². The van der Waals surface area contributed by atoms with Crippen molar-refractivity contribution in [3.05, 3.63) is 63.1 Å². The summed E-state index contributed by atoms with van der Waals surface area (Å²) < 4.78 is 30.7. The highest BCUT2D eigenvalue weighted by Crippen LogP contribution is 2.27. The topological polar surface area (TPSA) is 137 Å². The van der Waals surface area contributed by atoms with E-state index in [0.29, 0.717) is 11.0 Å². The molecule has 0 unspecified atom stereocenters. The van der Waals surface area contributed by atoms with E-state index in [9.17, 15) is 28.1 Å². The first-order valence-electron chi connectivity index (χ1n) is 9.65. The summed E-state index contributed by atoms with van der Waals surface area (Å²) in [5, 5.41) is 13.6. The number of amides is 1. The van der Waals surface area contributed by atoms with Crippen LogP contribution >= 0.6 is 0 Å². The number of sulfonamides is 1. The maximum Gasteiger partial charge on any atom is 0.328 e. The number of imidazole rings is 1. The second-order valence-corrected chi connectivity index (χ2v) is 9.42. The number of anilines is 1. The maximum atomic E-state index is 13.5. The van der Waals surface area contributed by atoms with Gasteiger partial charge in [0.2, 0.25) is 5.91 Å². The number of nitro groups is 1. The van der Waals surface area contributed by atoms with Crippen LogP contribution in [0.25, 0.3) is 11.0 Å². The molecule has 0 atom stereocenters. The van der Waals surface area contributed by atoms with Gasteiger partial charge in [-0.25, -0.2) is 13.2 Å². The second-order valence-electron chi connectivity index (χ2n) is 7.56. The number of aryl methyl sites for hydroxylation is 2.